The SMILES string of the molecule is CCCC(C)(C)[Si](C)(C)OCCc1ccc(CCO)cc1. The second kappa shape index (κ2) is 8.11. The fourth-order valence-electron chi connectivity index (χ4n) is 2.55. The minimum atomic E-state index is -1.66. The highest BCUT2D eigenvalue weighted by Gasteiger charge is 2.39. The van der Waals surface area contributed by atoms with Gasteiger partial charge in [0.05, 0.1) is 0 Å². The van der Waals surface area contributed by atoms with Crippen molar-refractivity contribution in [3.8, 4) is 0 Å². The summed E-state index contributed by atoms with van der Waals surface area (Å²) in [5, 5.41) is 9.25. The van der Waals surface area contributed by atoms with E-state index in [1.54, 1.807) is 0 Å². The molecule has 2 nitrogen and oxygen atoms in total. The van der Waals surface area contributed by atoms with Crippen molar-refractivity contribution in [2.75, 3.05) is 13.2 Å². The molecule has 120 valence electrons. The second-order valence-corrected chi connectivity index (χ2v) is 11.7. The molecule has 0 amide bonds. The Labute approximate surface area is 131 Å². The number of aliphatic hydroxyl groups excluding tert-OH is 1. The Hall–Kier alpha value is -0.643. The van der Waals surface area contributed by atoms with Gasteiger partial charge in [-0.15, -0.1) is 0 Å². The Morgan fingerprint density at radius 3 is 2.05 bits per heavy atom. The maximum atomic E-state index is 8.92. The smallest absolute Gasteiger partial charge is 0.192 e. The molecule has 0 aliphatic heterocycles. The molecular weight excluding hydrogens is 276 g/mol. The van der Waals surface area contributed by atoms with Gasteiger partial charge in [-0.3, -0.25) is 0 Å². The molecule has 0 aliphatic carbocycles. The van der Waals surface area contributed by atoms with E-state index in [0.717, 1.165) is 19.4 Å². The van der Waals surface area contributed by atoms with E-state index in [0.29, 0.717) is 5.04 Å². The van der Waals surface area contributed by atoms with E-state index < -0.39 is 8.32 Å². The quantitative estimate of drug-likeness (QED) is 0.677. The molecule has 1 aromatic rings. The zero-order valence-electron chi connectivity index (χ0n) is 14.4. The fraction of sp³-hybridized carbons (Fsp3) is 0.667. The van der Waals surface area contributed by atoms with Crippen molar-refractivity contribution >= 4 is 8.32 Å². The molecule has 1 rings (SSSR count). The first-order valence-corrected chi connectivity index (χ1v) is 11.1. The lowest BCUT2D eigenvalue weighted by molar-refractivity contribution is 0.284. The van der Waals surface area contributed by atoms with E-state index in [1.807, 2.05) is 0 Å². The van der Waals surface area contributed by atoms with Gasteiger partial charge < -0.3 is 9.53 Å². The molecule has 1 aromatic carbocycles. The van der Waals surface area contributed by atoms with E-state index in [1.165, 1.54) is 24.0 Å². The molecule has 1 N–H and O–H groups in total. The average molecular weight is 309 g/mol. The zero-order chi connectivity index (χ0) is 15.9. The van der Waals surface area contributed by atoms with Crippen molar-refractivity contribution < 1.29 is 9.53 Å². The molecule has 0 heterocycles. The summed E-state index contributed by atoms with van der Waals surface area (Å²) in [6.07, 6.45) is 4.17. The highest BCUT2D eigenvalue weighted by atomic mass is 28.4. The molecule has 0 spiro atoms. The standard InChI is InChI=1S/C18H32O2Si/c1-6-13-18(2,3)21(4,5)20-15-12-17-9-7-16(8-10-17)11-14-19/h7-10,19H,6,11-15H2,1-5H3. The molecule has 0 fully saturated rings. The van der Waals surface area contributed by atoms with Gasteiger partial charge in [-0.05, 0) is 48.5 Å². The summed E-state index contributed by atoms with van der Waals surface area (Å²) in [5.41, 5.74) is 2.51. The van der Waals surface area contributed by atoms with Crippen LogP contribution in [0.25, 0.3) is 0 Å². The monoisotopic (exact) mass is 308 g/mol. The Balaban J connectivity index is 2.48. The molecule has 0 unspecified atom stereocenters. The molecule has 0 aliphatic rings. The third-order valence-corrected chi connectivity index (χ3v) is 9.22. The lowest BCUT2D eigenvalue weighted by Gasteiger charge is -2.39. The Kier molecular flexibility index (Phi) is 7.11. The molecule has 0 bridgehead atoms. The van der Waals surface area contributed by atoms with Gasteiger partial charge in [-0.1, -0.05) is 51.5 Å². The molecule has 3 heteroatoms. The Morgan fingerprint density at radius 2 is 1.57 bits per heavy atom. The molecule has 0 saturated carbocycles. The van der Waals surface area contributed by atoms with Crippen LogP contribution in [0.5, 0.6) is 0 Å². The summed E-state index contributed by atoms with van der Waals surface area (Å²) in [7, 11) is -1.66. The topological polar surface area (TPSA) is 29.5 Å². The first-order valence-electron chi connectivity index (χ1n) is 8.15. The highest BCUT2D eigenvalue weighted by molar-refractivity contribution is 6.74. The van der Waals surface area contributed by atoms with Crippen molar-refractivity contribution in [1.29, 1.82) is 0 Å². The Morgan fingerprint density at radius 1 is 1.05 bits per heavy atom. The lowest BCUT2D eigenvalue weighted by atomic mass is 10.1. The Bertz CT molecular complexity index is 410. The van der Waals surface area contributed by atoms with Crippen LogP contribution in [-0.4, -0.2) is 26.6 Å². The first-order chi connectivity index (χ1) is 9.82. The fourth-order valence-corrected chi connectivity index (χ4v) is 4.40. The van der Waals surface area contributed by atoms with Crippen molar-refractivity contribution in [2.24, 2.45) is 0 Å². The highest BCUT2D eigenvalue weighted by Crippen LogP contribution is 2.41. The number of aliphatic hydroxyl groups is 1. The maximum absolute atomic E-state index is 8.92. The normalized spacial score (nSPS) is 12.7. The summed E-state index contributed by atoms with van der Waals surface area (Å²) in [4.78, 5) is 0. The van der Waals surface area contributed by atoms with Crippen molar-refractivity contribution in [3.05, 3.63) is 35.4 Å². The number of rotatable bonds is 9. The largest absolute Gasteiger partial charge is 0.416 e. The third kappa shape index (κ3) is 5.57. The average Bonchev–Trinajstić information content (AvgIpc) is 2.40. The van der Waals surface area contributed by atoms with Crippen LogP contribution < -0.4 is 0 Å². The third-order valence-electron chi connectivity index (χ3n) is 4.78. The molecular formula is C18H32O2Si. The lowest BCUT2D eigenvalue weighted by Crippen LogP contribution is -2.42. The molecule has 21 heavy (non-hydrogen) atoms. The number of benzene rings is 1. The van der Waals surface area contributed by atoms with Gasteiger partial charge >= 0.3 is 0 Å². The molecule has 0 saturated heterocycles. The second-order valence-electron chi connectivity index (χ2n) is 7.03. The van der Waals surface area contributed by atoms with Gasteiger partial charge in [0.15, 0.2) is 8.32 Å². The van der Waals surface area contributed by atoms with E-state index in [-0.39, 0.29) is 6.61 Å². The minimum Gasteiger partial charge on any atom is -0.416 e. The van der Waals surface area contributed by atoms with Gasteiger partial charge in [0.1, 0.15) is 0 Å². The first kappa shape index (κ1) is 18.4. The van der Waals surface area contributed by atoms with Gasteiger partial charge in [-0.25, -0.2) is 0 Å². The van der Waals surface area contributed by atoms with Gasteiger partial charge in [0, 0.05) is 13.2 Å². The van der Waals surface area contributed by atoms with Crippen molar-refractivity contribution in [2.45, 2.75) is 64.6 Å². The van der Waals surface area contributed by atoms with Crippen molar-refractivity contribution in [1.82, 2.24) is 0 Å². The summed E-state index contributed by atoms with van der Waals surface area (Å²) in [6.45, 7) is 12.7. The van der Waals surface area contributed by atoms with Crippen molar-refractivity contribution in [3.63, 3.8) is 0 Å². The minimum absolute atomic E-state index is 0.217. The van der Waals surface area contributed by atoms with E-state index >= 15 is 0 Å². The summed E-state index contributed by atoms with van der Waals surface area (Å²) < 4.78 is 6.33. The number of hydrogen-bond acceptors (Lipinski definition) is 2. The zero-order valence-corrected chi connectivity index (χ0v) is 15.4. The van der Waals surface area contributed by atoms with Crippen LogP contribution in [0.15, 0.2) is 24.3 Å². The summed E-state index contributed by atoms with van der Waals surface area (Å²) in [5.74, 6) is 0. The summed E-state index contributed by atoms with van der Waals surface area (Å²) in [6, 6.07) is 8.52. The van der Waals surface area contributed by atoms with Gasteiger partial charge in [-0.2, -0.15) is 0 Å². The van der Waals surface area contributed by atoms with Crippen LogP contribution in [0.1, 0.15) is 44.7 Å². The summed E-state index contributed by atoms with van der Waals surface area (Å²) >= 11 is 0. The van der Waals surface area contributed by atoms with E-state index in [9.17, 15) is 0 Å². The van der Waals surface area contributed by atoms with Crippen LogP contribution in [0.3, 0.4) is 0 Å². The molecule has 0 aromatic heterocycles. The van der Waals surface area contributed by atoms with Crippen LogP contribution in [-0.2, 0) is 17.3 Å². The predicted octanol–water partition coefficient (Wildman–Crippen LogP) is 4.57. The maximum Gasteiger partial charge on any atom is 0.192 e. The van der Waals surface area contributed by atoms with E-state index in [2.05, 4.69) is 58.1 Å². The predicted molar refractivity (Wildman–Crippen MR) is 93.3 cm³/mol. The van der Waals surface area contributed by atoms with Gasteiger partial charge in [0.2, 0.25) is 0 Å². The molecule has 0 atom stereocenters. The van der Waals surface area contributed by atoms with Crippen LogP contribution >= 0.6 is 0 Å². The van der Waals surface area contributed by atoms with Crippen LogP contribution in [0.4, 0.5) is 0 Å². The number of hydrogen-bond donors (Lipinski definition) is 1. The van der Waals surface area contributed by atoms with Crippen LogP contribution in [0.2, 0.25) is 18.1 Å². The molecule has 0 radical (unpaired) electrons. The van der Waals surface area contributed by atoms with Crippen LogP contribution in [0, 0.1) is 0 Å². The van der Waals surface area contributed by atoms with Gasteiger partial charge in [0.25, 0.3) is 0 Å². The van der Waals surface area contributed by atoms with E-state index in [4.69, 9.17) is 9.53 Å².